The lowest BCUT2D eigenvalue weighted by molar-refractivity contribution is -0.384. The zero-order valence-corrected chi connectivity index (χ0v) is 11.8. The number of aromatic nitrogens is 1. The molecule has 0 aliphatic heterocycles. The molecular formula is C15H16N2O4. The van der Waals surface area contributed by atoms with Gasteiger partial charge in [0, 0.05) is 6.07 Å². The maximum atomic E-state index is 10.8. The number of nitro benzene ring substituents is 1. The van der Waals surface area contributed by atoms with Crippen LogP contribution in [0.5, 0.6) is 11.5 Å². The normalized spacial score (nSPS) is 12.0. The number of nitro groups is 1. The molecule has 0 aliphatic rings. The molecule has 0 amide bonds. The number of aryl methyl sites for hydroxylation is 1. The fourth-order valence-electron chi connectivity index (χ4n) is 1.80. The van der Waals surface area contributed by atoms with E-state index in [2.05, 4.69) is 4.98 Å². The highest BCUT2D eigenvalue weighted by atomic mass is 16.6. The summed E-state index contributed by atoms with van der Waals surface area (Å²) in [6.45, 7) is 3.67. The number of aliphatic hydroxyl groups excluding tert-OH is 1. The van der Waals surface area contributed by atoms with E-state index in [4.69, 9.17) is 4.74 Å². The van der Waals surface area contributed by atoms with E-state index in [0.717, 1.165) is 5.56 Å². The smallest absolute Gasteiger partial charge is 0.273 e. The Morgan fingerprint density at radius 1 is 1.38 bits per heavy atom. The summed E-state index contributed by atoms with van der Waals surface area (Å²) in [4.78, 5) is 14.4. The Labute approximate surface area is 122 Å². The number of hydrogen-bond acceptors (Lipinski definition) is 5. The quantitative estimate of drug-likeness (QED) is 0.672. The van der Waals surface area contributed by atoms with Gasteiger partial charge in [0.2, 0.25) is 0 Å². The van der Waals surface area contributed by atoms with Crippen molar-refractivity contribution in [2.45, 2.75) is 26.4 Å². The maximum Gasteiger partial charge on any atom is 0.273 e. The minimum Gasteiger partial charge on any atom is -0.455 e. The van der Waals surface area contributed by atoms with Gasteiger partial charge in [-0.05, 0) is 37.1 Å². The van der Waals surface area contributed by atoms with Crippen LogP contribution < -0.4 is 4.74 Å². The van der Waals surface area contributed by atoms with Crippen molar-refractivity contribution in [3.8, 4) is 11.5 Å². The van der Waals surface area contributed by atoms with Gasteiger partial charge in [0.15, 0.2) is 0 Å². The molecule has 2 rings (SSSR count). The lowest BCUT2D eigenvalue weighted by Gasteiger charge is -2.10. The van der Waals surface area contributed by atoms with E-state index in [1.54, 1.807) is 18.2 Å². The van der Waals surface area contributed by atoms with Crippen LogP contribution in [0.4, 0.5) is 5.69 Å². The van der Waals surface area contributed by atoms with Crippen LogP contribution in [-0.2, 0) is 0 Å². The molecule has 6 nitrogen and oxygen atoms in total. The fourth-order valence-corrected chi connectivity index (χ4v) is 1.80. The topological polar surface area (TPSA) is 85.5 Å². The molecule has 21 heavy (non-hydrogen) atoms. The molecule has 2 aromatic rings. The Hall–Kier alpha value is -2.47. The summed E-state index contributed by atoms with van der Waals surface area (Å²) in [7, 11) is 0. The summed E-state index contributed by atoms with van der Waals surface area (Å²) in [6, 6.07) is 7.80. The van der Waals surface area contributed by atoms with Crippen molar-refractivity contribution in [1.82, 2.24) is 4.98 Å². The van der Waals surface area contributed by atoms with E-state index in [1.165, 1.54) is 18.3 Å². The van der Waals surface area contributed by atoms with Gasteiger partial charge in [0.05, 0.1) is 29.0 Å². The van der Waals surface area contributed by atoms with Gasteiger partial charge in [-0.15, -0.1) is 0 Å². The third-order valence-corrected chi connectivity index (χ3v) is 3.10. The molecular weight excluding hydrogens is 272 g/mol. The Morgan fingerprint density at radius 2 is 2.14 bits per heavy atom. The van der Waals surface area contributed by atoms with Gasteiger partial charge in [-0.25, -0.2) is 0 Å². The summed E-state index contributed by atoms with van der Waals surface area (Å²) < 4.78 is 5.62. The second-order valence-corrected chi connectivity index (χ2v) is 4.65. The predicted octanol–water partition coefficient (Wildman–Crippen LogP) is 3.53. The van der Waals surface area contributed by atoms with Gasteiger partial charge in [-0.1, -0.05) is 6.92 Å². The van der Waals surface area contributed by atoms with Crippen LogP contribution in [-0.4, -0.2) is 15.0 Å². The van der Waals surface area contributed by atoms with Crippen molar-refractivity contribution in [2.75, 3.05) is 0 Å². The van der Waals surface area contributed by atoms with Gasteiger partial charge in [-0.2, -0.15) is 0 Å². The summed E-state index contributed by atoms with van der Waals surface area (Å²) >= 11 is 0. The SMILES string of the molecule is CC[C@@H](O)c1ccc(Oc2cc([N+](=O)[O-])ccc2C)cn1. The molecule has 0 spiro atoms. The van der Waals surface area contributed by atoms with Crippen LogP contribution >= 0.6 is 0 Å². The molecule has 1 atom stereocenters. The summed E-state index contributed by atoms with van der Waals surface area (Å²) in [5.74, 6) is 0.875. The lowest BCUT2D eigenvalue weighted by Crippen LogP contribution is -1.98. The number of pyridine rings is 1. The molecule has 0 radical (unpaired) electrons. The van der Waals surface area contributed by atoms with E-state index in [-0.39, 0.29) is 5.69 Å². The molecule has 0 bridgehead atoms. The molecule has 0 aliphatic carbocycles. The van der Waals surface area contributed by atoms with Gasteiger partial charge in [0.1, 0.15) is 11.5 Å². The molecule has 0 saturated heterocycles. The molecule has 6 heteroatoms. The Balaban J connectivity index is 2.22. The number of aliphatic hydroxyl groups is 1. The van der Waals surface area contributed by atoms with Gasteiger partial charge >= 0.3 is 0 Å². The first-order valence-electron chi connectivity index (χ1n) is 6.58. The van der Waals surface area contributed by atoms with E-state index >= 15 is 0 Å². The molecule has 110 valence electrons. The van der Waals surface area contributed by atoms with Gasteiger partial charge < -0.3 is 9.84 Å². The largest absolute Gasteiger partial charge is 0.455 e. The summed E-state index contributed by atoms with van der Waals surface area (Å²) in [6.07, 6.45) is 1.47. The Kier molecular flexibility index (Phi) is 4.49. The highest BCUT2D eigenvalue weighted by Crippen LogP contribution is 2.29. The first-order chi connectivity index (χ1) is 10.0. The zero-order chi connectivity index (χ0) is 15.4. The fraction of sp³-hybridized carbons (Fsp3) is 0.267. The third-order valence-electron chi connectivity index (χ3n) is 3.10. The Morgan fingerprint density at radius 3 is 2.71 bits per heavy atom. The first-order valence-corrected chi connectivity index (χ1v) is 6.58. The highest BCUT2D eigenvalue weighted by molar-refractivity contribution is 5.45. The predicted molar refractivity (Wildman–Crippen MR) is 77.4 cm³/mol. The van der Waals surface area contributed by atoms with Crippen LogP contribution in [0, 0.1) is 17.0 Å². The van der Waals surface area contributed by atoms with Gasteiger partial charge in [-0.3, -0.25) is 15.1 Å². The zero-order valence-electron chi connectivity index (χ0n) is 11.8. The van der Waals surface area contributed by atoms with E-state index < -0.39 is 11.0 Å². The molecule has 0 saturated carbocycles. The minimum atomic E-state index is -0.599. The van der Waals surface area contributed by atoms with Crippen LogP contribution in [0.3, 0.4) is 0 Å². The van der Waals surface area contributed by atoms with Gasteiger partial charge in [0.25, 0.3) is 5.69 Å². The highest BCUT2D eigenvalue weighted by Gasteiger charge is 2.11. The second kappa shape index (κ2) is 6.32. The molecule has 0 unspecified atom stereocenters. The van der Waals surface area contributed by atoms with E-state index in [9.17, 15) is 15.2 Å². The lowest BCUT2D eigenvalue weighted by atomic mass is 10.2. The second-order valence-electron chi connectivity index (χ2n) is 4.65. The van der Waals surface area contributed by atoms with Crippen molar-refractivity contribution in [2.24, 2.45) is 0 Å². The molecule has 0 fully saturated rings. The minimum absolute atomic E-state index is 0.0263. The van der Waals surface area contributed by atoms with Crippen molar-refractivity contribution < 1.29 is 14.8 Å². The first kappa shape index (κ1) is 14.9. The van der Waals surface area contributed by atoms with E-state index in [0.29, 0.717) is 23.6 Å². The van der Waals surface area contributed by atoms with Crippen LogP contribution in [0.1, 0.15) is 30.7 Å². The standard InChI is InChI=1S/C15H16N2O4/c1-3-14(18)13-7-6-12(9-16-13)21-15-8-11(17(19)20)5-4-10(15)2/h4-9,14,18H,3H2,1-2H3/t14-/m1/s1. The summed E-state index contributed by atoms with van der Waals surface area (Å²) in [5.41, 5.74) is 1.33. The molecule has 1 aromatic heterocycles. The number of nitrogens with zero attached hydrogens (tertiary/aromatic N) is 2. The van der Waals surface area contributed by atoms with Crippen molar-refractivity contribution in [3.63, 3.8) is 0 Å². The summed E-state index contributed by atoms with van der Waals surface area (Å²) in [5, 5.41) is 20.5. The monoisotopic (exact) mass is 288 g/mol. The van der Waals surface area contributed by atoms with Crippen LogP contribution in [0.15, 0.2) is 36.5 Å². The number of ether oxygens (including phenoxy) is 1. The number of non-ortho nitro benzene ring substituents is 1. The molecule has 1 heterocycles. The average molecular weight is 288 g/mol. The molecule has 1 N–H and O–H groups in total. The molecule has 1 aromatic carbocycles. The number of benzene rings is 1. The third kappa shape index (κ3) is 3.55. The van der Waals surface area contributed by atoms with Crippen LogP contribution in [0.25, 0.3) is 0 Å². The average Bonchev–Trinajstić information content (AvgIpc) is 2.49. The van der Waals surface area contributed by atoms with Crippen molar-refractivity contribution >= 4 is 5.69 Å². The van der Waals surface area contributed by atoms with Crippen molar-refractivity contribution in [3.05, 3.63) is 57.9 Å². The van der Waals surface area contributed by atoms with Crippen LogP contribution in [0.2, 0.25) is 0 Å². The number of rotatable bonds is 5. The number of hydrogen-bond donors (Lipinski definition) is 1. The maximum absolute atomic E-state index is 10.8. The Bertz CT molecular complexity index is 641. The van der Waals surface area contributed by atoms with Crippen molar-refractivity contribution in [1.29, 1.82) is 0 Å². The van der Waals surface area contributed by atoms with E-state index in [1.807, 2.05) is 13.8 Å².